The zero-order valence-corrected chi connectivity index (χ0v) is 13.1. The first-order valence-corrected chi connectivity index (χ1v) is 7.12. The second-order valence-electron chi connectivity index (χ2n) is 4.82. The molecule has 0 aliphatic carbocycles. The van der Waals surface area contributed by atoms with Crippen LogP contribution >= 0.6 is 0 Å². The van der Waals surface area contributed by atoms with Crippen LogP contribution in [-0.2, 0) is 0 Å². The van der Waals surface area contributed by atoms with Crippen LogP contribution in [0.2, 0.25) is 0 Å². The summed E-state index contributed by atoms with van der Waals surface area (Å²) in [4.78, 5) is 10.9. The van der Waals surface area contributed by atoms with Gasteiger partial charge in [0.05, 0.1) is 12.8 Å². The van der Waals surface area contributed by atoms with E-state index in [1.165, 1.54) is 0 Å². The van der Waals surface area contributed by atoms with Gasteiger partial charge in [-0.15, -0.1) is 0 Å². The van der Waals surface area contributed by atoms with Gasteiger partial charge in [0.2, 0.25) is 0 Å². The fraction of sp³-hybridized carbons (Fsp3) is 0.375. The van der Waals surface area contributed by atoms with Crippen LogP contribution in [0, 0.1) is 6.92 Å². The van der Waals surface area contributed by atoms with Gasteiger partial charge in [0.25, 0.3) is 0 Å². The summed E-state index contributed by atoms with van der Waals surface area (Å²) < 4.78 is 5.41. The second-order valence-corrected chi connectivity index (χ2v) is 4.82. The lowest BCUT2D eigenvalue weighted by Crippen LogP contribution is -2.14. The molecular formula is C16H22N4O. The minimum Gasteiger partial charge on any atom is -0.495 e. The number of aryl methyl sites for hydroxylation is 1. The average molecular weight is 286 g/mol. The van der Waals surface area contributed by atoms with Gasteiger partial charge >= 0.3 is 0 Å². The summed E-state index contributed by atoms with van der Waals surface area (Å²) in [5, 5.41) is 3.30. The maximum atomic E-state index is 5.41. The number of hydrogen-bond acceptors (Lipinski definition) is 5. The van der Waals surface area contributed by atoms with Gasteiger partial charge in [0.15, 0.2) is 0 Å². The van der Waals surface area contributed by atoms with Crippen LogP contribution in [0.15, 0.2) is 30.3 Å². The second kappa shape index (κ2) is 6.92. The van der Waals surface area contributed by atoms with E-state index in [4.69, 9.17) is 4.74 Å². The predicted molar refractivity (Wildman–Crippen MR) is 86.6 cm³/mol. The Morgan fingerprint density at radius 2 is 2.00 bits per heavy atom. The van der Waals surface area contributed by atoms with Crippen LogP contribution in [0.3, 0.4) is 0 Å². The molecule has 21 heavy (non-hydrogen) atoms. The summed E-state index contributed by atoms with van der Waals surface area (Å²) >= 11 is 0. The maximum absolute atomic E-state index is 5.41. The maximum Gasteiger partial charge on any atom is 0.142 e. The smallest absolute Gasteiger partial charge is 0.142 e. The molecule has 112 valence electrons. The Kier molecular flexibility index (Phi) is 4.98. The number of methoxy groups -OCH3 is 1. The monoisotopic (exact) mass is 286 g/mol. The molecule has 0 spiro atoms. The van der Waals surface area contributed by atoms with Gasteiger partial charge in [-0.1, -0.05) is 19.1 Å². The van der Waals surface area contributed by atoms with Gasteiger partial charge in [0, 0.05) is 19.7 Å². The summed E-state index contributed by atoms with van der Waals surface area (Å²) in [5.74, 6) is 3.25. The fourth-order valence-corrected chi connectivity index (χ4v) is 2.10. The number of rotatable bonds is 6. The van der Waals surface area contributed by atoms with Crippen molar-refractivity contribution in [3.8, 4) is 5.75 Å². The van der Waals surface area contributed by atoms with Crippen LogP contribution in [0.1, 0.15) is 19.2 Å². The number of benzene rings is 1. The molecule has 0 aliphatic heterocycles. The summed E-state index contributed by atoms with van der Waals surface area (Å²) in [6.45, 7) is 4.92. The van der Waals surface area contributed by atoms with Crippen LogP contribution in [0.25, 0.3) is 0 Å². The highest BCUT2D eigenvalue weighted by atomic mass is 16.5. The van der Waals surface area contributed by atoms with Crippen molar-refractivity contribution >= 4 is 17.3 Å². The number of para-hydroxylation sites is 2. The Bertz CT molecular complexity index is 601. The Morgan fingerprint density at radius 1 is 1.24 bits per heavy atom. The highest BCUT2D eigenvalue weighted by molar-refractivity contribution is 5.67. The molecule has 0 saturated carbocycles. The lowest BCUT2D eigenvalue weighted by molar-refractivity contribution is 0.415. The Labute approximate surface area is 126 Å². The van der Waals surface area contributed by atoms with E-state index >= 15 is 0 Å². The van der Waals surface area contributed by atoms with Crippen molar-refractivity contribution in [3.63, 3.8) is 0 Å². The molecule has 0 amide bonds. The zero-order valence-electron chi connectivity index (χ0n) is 13.1. The van der Waals surface area contributed by atoms with Crippen molar-refractivity contribution in [1.82, 2.24) is 9.97 Å². The minimum atomic E-state index is 0.743. The van der Waals surface area contributed by atoms with Gasteiger partial charge < -0.3 is 15.0 Å². The molecule has 1 heterocycles. The summed E-state index contributed by atoms with van der Waals surface area (Å²) in [6, 6.07) is 9.84. The van der Waals surface area contributed by atoms with Crippen LogP contribution < -0.4 is 15.0 Å². The largest absolute Gasteiger partial charge is 0.495 e. The number of nitrogens with one attached hydrogen (secondary N) is 1. The highest BCUT2D eigenvalue weighted by Crippen LogP contribution is 2.31. The van der Waals surface area contributed by atoms with Gasteiger partial charge in [0.1, 0.15) is 23.2 Å². The molecule has 0 bridgehead atoms. The third kappa shape index (κ3) is 3.62. The zero-order chi connectivity index (χ0) is 15.2. The molecule has 0 unspecified atom stereocenters. The summed E-state index contributed by atoms with van der Waals surface area (Å²) in [6.07, 6.45) is 1.06. The van der Waals surface area contributed by atoms with E-state index in [1.807, 2.05) is 49.2 Å². The van der Waals surface area contributed by atoms with Crippen molar-refractivity contribution in [2.75, 3.05) is 30.9 Å². The Morgan fingerprint density at radius 3 is 2.71 bits per heavy atom. The third-order valence-corrected chi connectivity index (χ3v) is 3.17. The first-order chi connectivity index (χ1) is 10.2. The van der Waals surface area contributed by atoms with Crippen molar-refractivity contribution in [3.05, 3.63) is 36.2 Å². The number of nitrogens with zero attached hydrogens (tertiary/aromatic N) is 3. The van der Waals surface area contributed by atoms with E-state index in [0.29, 0.717) is 0 Å². The predicted octanol–water partition coefficient (Wildman–Crippen LogP) is 3.38. The van der Waals surface area contributed by atoms with Gasteiger partial charge in [-0.25, -0.2) is 9.97 Å². The SMILES string of the molecule is CCCNc1cc(N(C)c2ccccc2OC)nc(C)n1. The molecule has 0 aliphatic rings. The van der Waals surface area contributed by atoms with Crippen LogP contribution in [-0.4, -0.2) is 30.7 Å². The average Bonchev–Trinajstić information content (AvgIpc) is 2.51. The third-order valence-electron chi connectivity index (χ3n) is 3.17. The van der Waals surface area contributed by atoms with Gasteiger partial charge in [-0.05, 0) is 25.5 Å². The molecule has 5 nitrogen and oxygen atoms in total. The molecule has 5 heteroatoms. The Hall–Kier alpha value is -2.30. The number of aromatic nitrogens is 2. The van der Waals surface area contributed by atoms with E-state index in [0.717, 1.165) is 41.9 Å². The van der Waals surface area contributed by atoms with Crippen molar-refractivity contribution in [2.24, 2.45) is 0 Å². The molecular weight excluding hydrogens is 264 g/mol. The van der Waals surface area contributed by atoms with Crippen LogP contribution in [0.5, 0.6) is 5.75 Å². The fourth-order valence-electron chi connectivity index (χ4n) is 2.10. The first-order valence-electron chi connectivity index (χ1n) is 7.12. The molecule has 0 saturated heterocycles. The minimum absolute atomic E-state index is 0.743. The van der Waals surface area contributed by atoms with E-state index in [9.17, 15) is 0 Å². The molecule has 0 radical (unpaired) electrons. The van der Waals surface area contributed by atoms with E-state index in [1.54, 1.807) is 7.11 Å². The molecule has 2 aromatic rings. The van der Waals surface area contributed by atoms with E-state index in [2.05, 4.69) is 22.2 Å². The lowest BCUT2D eigenvalue weighted by atomic mass is 10.2. The number of ether oxygens (including phenoxy) is 1. The van der Waals surface area contributed by atoms with Crippen molar-refractivity contribution < 1.29 is 4.74 Å². The number of anilines is 3. The summed E-state index contributed by atoms with van der Waals surface area (Å²) in [5.41, 5.74) is 0.972. The molecule has 0 fully saturated rings. The molecule has 1 N–H and O–H groups in total. The van der Waals surface area contributed by atoms with Crippen molar-refractivity contribution in [2.45, 2.75) is 20.3 Å². The molecule has 2 rings (SSSR count). The standard InChI is InChI=1S/C16H22N4O/c1-5-10-17-15-11-16(19-12(2)18-15)20(3)13-8-6-7-9-14(13)21-4/h6-9,11H,5,10H2,1-4H3,(H,17,18,19). The summed E-state index contributed by atoms with van der Waals surface area (Å²) in [7, 11) is 3.65. The quantitative estimate of drug-likeness (QED) is 0.882. The van der Waals surface area contributed by atoms with Gasteiger partial charge in [-0.3, -0.25) is 0 Å². The van der Waals surface area contributed by atoms with E-state index < -0.39 is 0 Å². The normalized spacial score (nSPS) is 10.3. The highest BCUT2D eigenvalue weighted by Gasteiger charge is 2.12. The molecule has 1 aromatic heterocycles. The number of hydrogen-bond donors (Lipinski definition) is 1. The van der Waals surface area contributed by atoms with Crippen LogP contribution in [0.4, 0.5) is 17.3 Å². The lowest BCUT2D eigenvalue weighted by Gasteiger charge is -2.21. The molecule has 1 aromatic carbocycles. The molecule has 0 atom stereocenters. The van der Waals surface area contributed by atoms with Crippen molar-refractivity contribution in [1.29, 1.82) is 0 Å². The topological polar surface area (TPSA) is 50.3 Å². The van der Waals surface area contributed by atoms with Gasteiger partial charge in [-0.2, -0.15) is 0 Å². The van der Waals surface area contributed by atoms with E-state index in [-0.39, 0.29) is 0 Å². The Balaban J connectivity index is 2.34. The first kappa shape index (κ1) is 15.1.